The summed E-state index contributed by atoms with van der Waals surface area (Å²) < 4.78 is 38.2. The molecule has 2 aromatic rings. The summed E-state index contributed by atoms with van der Waals surface area (Å²) in [5.41, 5.74) is -2.94. The SMILES string of the molecule is C.CC(C)(O)c1ccc(C(C)(C)O)o1.CC(C)(OCC1CO1)c1ccc(C(C)(C)OCC2CO2)o1.ClCC1CO1. The molecule has 230 valence electrons. The number of ether oxygens (including phenoxy) is 5. The molecule has 3 aliphatic heterocycles. The minimum absolute atomic E-state index is 0. The van der Waals surface area contributed by atoms with E-state index in [4.69, 9.17) is 44.1 Å². The molecule has 3 saturated heterocycles. The topological polar surface area (TPSA) is 123 Å². The molecule has 0 bridgehead atoms. The van der Waals surface area contributed by atoms with E-state index in [0.717, 1.165) is 31.3 Å². The molecule has 3 atom stereocenters. The molecule has 0 amide bonds. The summed E-state index contributed by atoms with van der Waals surface area (Å²) in [7, 11) is 0. The van der Waals surface area contributed by atoms with Crippen molar-refractivity contribution in [3.63, 3.8) is 0 Å². The minimum atomic E-state index is -0.997. The van der Waals surface area contributed by atoms with Crippen molar-refractivity contribution >= 4 is 11.6 Å². The van der Waals surface area contributed by atoms with Gasteiger partial charge in [0.15, 0.2) is 0 Å². The monoisotopic (exact) mass is 588 g/mol. The van der Waals surface area contributed by atoms with Crippen LogP contribution in [0.25, 0.3) is 0 Å². The number of rotatable bonds is 11. The normalized spacial score (nSPS) is 21.8. The van der Waals surface area contributed by atoms with Gasteiger partial charge in [-0.25, -0.2) is 0 Å². The van der Waals surface area contributed by atoms with Crippen molar-refractivity contribution in [2.75, 3.05) is 38.9 Å². The third-order valence-corrected chi connectivity index (χ3v) is 6.59. The van der Waals surface area contributed by atoms with Crippen LogP contribution < -0.4 is 0 Å². The highest BCUT2D eigenvalue weighted by atomic mass is 35.5. The van der Waals surface area contributed by atoms with Crippen molar-refractivity contribution in [1.82, 2.24) is 0 Å². The van der Waals surface area contributed by atoms with E-state index in [1.54, 1.807) is 39.8 Å². The summed E-state index contributed by atoms with van der Waals surface area (Å²) in [6.07, 6.45) is 0.894. The lowest BCUT2D eigenvalue weighted by Crippen LogP contribution is -2.25. The quantitative estimate of drug-likeness (QED) is 0.256. The molecule has 0 saturated carbocycles. The third kappa shape index (κ3) is 11.4. The fourth-order valence-corrected chi connectivity index (χ4v) is 3.39. The molecule has 3 aliphatic rings. The zero-order valence-corrected chi connectivity index (χ0v) is 25.2. The van der Waals surface area contributed by atoms with Gasteiger partial charge in [0.1, 0.15) is 57.7 Å². The lowest BCUT2D eigenvalue weighted by molar-refractivity contribution is -0.0595. The Hall–Kier alpha value is -1.43. The Labute approximate surface area is 244 Å². The smallest absolute Gasteiger partial charge is 0.135 e. The van der Waals surface area contributed by atoms with Crippen LogP contribution in [0.2, 0.25) is 0 Å². The van der Waals surface area contributed by atoms with Crippen molar-refractivity contribution in [1.29, 1.82) is 0 Å². The molecular formula is C30H49ClO9. The minimum Gasteiger partial charge on any atom is -0.460 e. The van der Waals surface area contributed by atoms with Crippen molar-refractivity contribution in [2.24, 2.45) is 0 Å². The molecule has 0 spiro atoms. The van der Waals surface area contributed by atoms with Crippen molar-refractivity contribution in [2.45, 2.75) is 104 Å². The van der Waals surface area contributed by atoms with Gasteiger partial charge in [-0.15, -0.1) is 11.6 Å². The zero-order valence-electron chi connectivity index (χ0n) is 24.4. The van der Waals surface area contributed by atoms with Crippen molar-refractivity contribution in [3.05, 3.63) is 47.3 Å². The number of epoxide rings is 3. The fraction of sp³-hybridized carbons (Fsp3) is 0.733. The van der Waals surface area contributed by atoms with E-state index in [9.17, 15) is 10.2 Å². The first-order valence-corrected chi connectivity index (χ1v) is 13.9. The molecule has 5 heterocycles. The van der Waals surface area contributed by atoms with Gasteiger partial charge in [-0.2, -0.15) is 0 Å². The van der Waals surface area contributed by atoms with Crippen LogP contribution in [0.4, 0.5) is 0 Å². The Bertz CT molecular complexity index is 946. The Balaban J connectivity index is 0.000000251. The van der Waals surface area contributed by atoms with E-state index in [-0.39, 0.29) is 19.6 Å². The molecule has 10 heteroatoms. The number of hydrogen-bond donors (Lipinski definition) is 2. The van der Waals surface area contributed by atoms with Gasteiger partial charge >= 0.3 is 0 Å². The molecule has 0 aromatic carbocycles. The largest absolute Gasteiger partial charge is 0.460 e. The third-order valence-electron chi connectivity index (χ3n) is 6.24. The predicted molar refractivity (Wildman–Crippen MR) is 153 cm³/mol. The number of aliphatic hydroxyl groups is 2. The Morgan fingerprint density at radius 3 is 1.18 bits per heavy atom. The molecular weight excluding hydrogens is 540 g/mol. The molecule has 9 nitrogen and oxygen atoms in total. The fourth-order valence-electron chi connectivity index (χ4n) is 3.21. The molecule has 3 unspecified atom stereocenters. The van der Waals surface area contributed by atoms with Crippen LogP contribution in [0.5, 0.6) is 0 Å². The van der Waals surface area contributed by atoms with Gasteiger partial charge in [0.2, 0.25) is 0 Å². The zero-order chi connectivity index (χ0) is 29.1. The molecule has 3 fully saturated rings. The van der Waals surface area contributed by atoms with E-state index in [1.165, 1.54) is 0 Å². The average Bonchev–Trinajstić information content (AvgIpc) is 3.78. The first-order valence-electron chi connectivity index (χ1n) is 13.4. The van der Waals surface area contributed by atoms with Gasteiger partial charge in [-0.3, -0.25) is 0 Å². The molecule has 2 aromatic heterocycles. The summed E-state index contributed by atoms with van der Waals surface area (Å²) >= 11 is 5.27. The van der Waals surface area contributed by atoms with Crippen LogP contribution >= 0.6 is 11.6 Å². The lowest BCUT2D eigenvalue weighted by Gasteiger charge is -2.25. The van der Waals surface area contributed by atoms with Crippen LogP contribution in [-0.2, 0) is 46.1 Å². The standard InChI is InChI=1S/C16H24O5.C10H16O3.C3H5ClO.CH4/c1-15(2,19-9-11-7-17-11)13-5-6-14(21-13)16(3,4)20-10-12-8-18-12;1-9(2,11)7-5-6-8(13-7)10(3,4)12;4-1-3-2-5-3;/h5-6,11-12H,7-10H2,1-4H3;5-6,11-12H,1-4H3;3H,1-2H2;1H4. The van der Waals surface area contributed by atoms with E-state index >= 15 is 0 Å². The summed E-state index contributed by atoms with van der Waals surface area (Å²) in [5.74, 6) is 3.20. The summed E-state index contributed by atoms with van der Waals surface area (Å²) in [6.45, 7) is 18.2. The summed E-state index contributed by atoms with van der Waals surface area (Å²) in [5, 5.41) is 19.2. The Morgan fingerprint density at radius 2 is 0.950 bits per heavy atom. The molecule has 2 N–H and O–H groups in total. The maximum atomic E-state index is 9.59. The van der Waals surface area contributed by atoms with Crippen LogP contribution in [0.15, 0.2) is 33.1 Å². The van der Waals surface area contributed by atoms with E-state index in [0.29, 0.717) is 36.7 Å². The van der Waals surface area contributed by atoms with Crippen LogP contribution in [0, 0.1) is 0 Å². The highest BCUT2D eigenvalue weighted by molar-refractivity contribution is 6.18. The number of halogens is 1. The van der Waals surface area contributed by atoms with E-state index in [2.05, 4.69) is 0 Å². The van der Waals surface area contributed by atoms with Crippen LogP contribution in [-0.4, -0.2) is 67.4 Å². The van der Waals surface area contributed by atoms with Crippen molar-refractivity contribution in [3.8, 4) is 0 Å². The number of alkyl halides is 1. The maximum Gasteiger partial charge on any atom is 0.135 e. The highest BCUT2D eigenvalue weighted by Gasteiger charge is 2.34. The number of furan rings is 2. The van der Waals surface area contributed by atoms with E-state index < -0.39 is 22.4 Å². The first kappa shape index (κ1) is 34.8. The Kier molecular flexibility index (Phi) is 11.9. The van der Waals surface area contributed by atoms with Crippen LogP contribution in [0.1, 0.15) is 85.9 Å². The predicted octanol–water partition coefficient (Wildman–Crippen LogP) is 5.58. The first-order chi connectivity index (χ1) is 18.0. The second-order valence-electron chi connectivity index (χ2n) is 12.1. The highest BCUT2D eigenvalue weighted by Crippen LogP contribution is 2.34. The van der Waals surface area contributed by atoms with Gasteiger partial charge in [0.25, 0.3) is 0 Å². The van der Waals surface area contributed by atoms with Crippen LogP contribution in [0.3, 0.4) is 0 Å². The van der Waals surface area contributed by atoms with E-state index in [1.807, 2.05) is 39.8 Å². The molecule has 0 radical (unpaired) electrons. The Morgan fingerprint density at radius 1 is 0.650 bits per heavy atom. The van der Waals surface area contributed by atoms with Gasteiger partial charge in [0.05, 0.1) is 45.0 Å². The lowest BCUT2D eigenvalue weighted by atomic mass is 10.1. The maximum absolute atomic E-state index is 9.59. The van der Waals surface area contributed by atoms with Gasteiger partial charge in [-0.05, 0) is 79.7 Å². The average molecular weight is 589 g/mol. The molecule has 40 heavy (non-hydrogen) atoms. The summed E-state index contributed by atoms with van der Waals surface area (Å²) in [6, 6.07) is 7.27. The van der Waals surface area contributed by atoms with Gasteiger partial charge in [0, 0.05) is 0 Å². The number of hydrogen-bond acceptors (Lipinski definition) is 9. The molecule has 0 aliphatic carbocycles. The molecule has 5 rings (SSSR count). The summed E-state index contributed by atoms with van der Waals surface area (Å²) in [4.78, 5) is 0. The second kappa shape index (κ2) is 13.7. The second-order valence-corrected chi connectivity index (χ2v) is 12.4. The van der Waals surface area contributed by atoms with Gasteiger partial charge in [-0.1, -0.05) is 7.43 Å². The van der Waals surface area contributed by atoms with Gasteiger partial charge < -0.3 is 42.7 Å². The van der Waals surface area contributed by atoms with Crippen molar-refractivity contribution < 1.29 is 42.7 Å².